The molecule has 0 aliphatic heterocycles. The number of benzene rings is 1. The van der Waals surface area contributed by atoms with Crippen molar-refractivity contribution in [3.63, 3.8) is 0 Å². The molecule has 16 heavy (non-hydrogen) atoms. The third-order valence-electron chi connectivity index (χ3n) is 2.11. The fraction of sp³-hybridized carbons (Fsp3) is 0.200. The molecule has 0 saturated heterocycles. The van der Waals surface area contributed by atoms with Gasteiger partial charge in [0.15, 0.2) is 0 Å². The normalized spacial score (nSPS) is 12.7. The number of rotatable bonds is 3. The van der Waals surface area contributed by atoms with E-state index in [0.29, 0.717) is 0 Å². The summed E-state index contributed by atoms with van der Waals surface area (Å²) in [6, 6.07) is 3.32. The largest absolute Gasteiger partial charge is 0.251 e. The first kappa shape index (κ1) is 11.0. The molecular weight excluding hydrogens is 236 g/mol. The minimum absolute atomic E-state index is 0.249. The number of aromatic nitrogens is 3. The van der Waals surface area contributed by atoms with Gasteiger partial charge in [0.25, 0.3) is 0 Å². The summed E-state index contributed by atoms with van der Waals surface area (Å²) >= 11 is 6.00. The molecule has 6 heteroatoms. The number of halogens is 3. The van der Waals surface area contributed by atoms with Crippen LogP contribution in [-0.4, -0.2) is 14.8 Å². The number of alkyl halides is 1. The Kier molecular flexibility index (Phi) is 3.14. The second kappa shape index (κ2) is 4.57. The summed E-state index contributed by atoms with van der Waals surface area (Å²) < 4.78 is 27.5. The van der Waals surface area contributed by atoms with Crippen molar-refractivity contribution in [1.82, 2.24) is 14.8 Å². The lowest BCUT2D eigenvalue weighted by Crippen LogP contribution is -2.06. The lowest BCUT2D eigenvalue weighted by atomic mass is 10.1. The van der Waals surface area contributed by atoms with Crippen molar-refractivity contribution in [2.45, 2.75) is 11.9 Å². The van der Waals surface area contributed by atoms with Crippen LogP contribution in [0.4, 0.5) is 8.78 Å². The molecule has 84 valence electrons. The summed E-state index contributed by atoms with van der Waals surface area (Å²) in [5.41, 5.74) is 0.249. The fourth-order valence-corrected chi connectivity index (χ4v) is 1.66. The summed E-state index contributed by atoms with van der Waals surface area (Å²) in [6.07, 6.45) is 2.85. The van der Waals surface area contributed by atoms with Gasteiger partial charge < -0.3 is 0 Å². The Morgan fingerprint density at radius 1 is 1.38 bits per heavy atom. The van der Waals surface area contributed by atoms with Crippen LogP contribution >= 0.6 is 11.6 Å². The van der Waals surface area contributed by atoms with E-state index in [1.807, 2.05) is 0 Å². The van der Waals surface area contributed by atoms with Crippen molar-refractivity contribution in [2.75, 3.05) is 0 Å². The summed E-state index contributed by atoms with van der Waals surface area (Å²) in [5, 5.41) is 3.24. The van der Waals surface area contributed by atoms with Gasteiger partial charge >= 0.3 is 0 Å². The van der Waals surface area contributed by atoms with Crippen molar-refractivity contribution in [3.05, 3.63) is 48.1 Å². The standard InChI is InChI=1S/C10H8ClF2N3/c11-9(4-16-6-14-5-15-16)8-2-1-7(12)3-10(8)13/h1-3,5-6,9H,4H2. The molecule has 0 amide bonds. The second-order valence-corrected chi connectivity index (χ2v) is 3.78. The molecular formula is C10H8ClF2N3. The molecule has 1 atom stereocenters. The summed E-state index contributed by atoms with van der Waals surface area (Å²) in [5.74, 6) is -1.27. The first-order valence-electron chi connectivity index (χ1n) is 4.58. The van der Waals surface area contributed by atoms with Crippen LogP contribution in [0.5, 0.6) is 0 Å². The minimum atomic E-state index is -0.653. The first-order chi connectivity index (χ1) is 7.66. The molecule has 0 aliphatic rings. The van der Waals surface area contributed by atoms with Gasteiger partial charge in [-0.15, -0.1) is 11.6 Å². The monoisotopic (exact) mass is 243 g/mol. The van der Waals surface area contributed by atoms with Gasteiger partial charge in [-0.25, -0.2) is 13.8 Å². The van der Waals surface area contributed by atoms with E-state index in [9.17, 15) is 8.78 Å². The van der Waals surface area contributed by atoms with Crippen LogP contribution in [0.1, 0.15) is 10.9 Å². The SMILES string of the molecule is Fc1ccc(C(Cl)Cn2cncn2)c(F)c1. The molecule has 0 N–H and O–H groups in total. The van der Waals surface area contributed by atoms with Crippen LogP contribution in [0.25, 0.3) is 0 Å². The minimum Gasteiger partial charge on any atom is -0.251 e. The van der Waals surface area contributed by atoms with E-state index in [2.05, 4.69) is 10.1 Å². The second-order valence-electron chi connectivity index (χ2n) is 3.25. The highest BCUT2D eigenvalue weighted by Crippen LogP contribution is 2.25. The molecule has 0 saturated carbocycles. The van der Waals surface area contributed by atoms with Gasteiger partial charge in [-0.1, -0.05) is 6.07 Å². The van der Waals surface area contributed by atoms with Gasteiger partial charge in [0.05, 0.1) is 11.9 Å². The Bertz CT molecular complexity index is 473. The average molecular weight is 244 g/mol. The molecule has 0 radical (unpaired) electrons. The maximum atomic E-state index is 13.4. The Morgan fingerprint density at radius 2 is 2.19 bits per heavy atom. The topological polar surface area (TPSA) is 30.7 Å². The Labute approximate surface area is 95.7 Å². The molecule has 1 aromatic heterocycles. The molecule has 1 unspecified atom stereocenters. The molecule has 0 bridgehead atoms. The zero-order valence-corrected chi connectivity index (χ0v) is 8.90. The lowest BCUT2D eigenvalue weighted by molar-refractivity contribution is 0.546. The van der Waals surface area contributed by atoms with Gasteiger partial charge in [-0.2, -0.15) is 5.10 Å². The Hall–Kier alpha value is -1.49. The smallest absolute Gasteiger partial charge is 0.137 e. The van der Waals surface area contributed by atoms with Crippen LogP contribution in [0.15, 0.2) is 30.9 Å². The number of hydrogen-bond acceptors (Lipinski definition) is 2. The van der Waals surface area contributed by atoms with E-state index in [-0.39, 0.29) is 12.1 Å². The molecule has 2 rings (SSSR count). The third-order valence-corrected chi connectivity index (χ3v) is 2.49. The predicted molar refractivity (Wildman–Crippen MR) is 55.0 cm³/mol. The maximum absolute atomic E-state index is 13.4. The summed E-state index contributed by atoms with van der Waals surface area (Å²) in [6.45, 7) is 0.282. The van der Waals surface area contributed by atoms with E-state index in [1.165, 1.54) is 29.5 Å². The molecule has 3 nitrogen and oxygen atoms in total. The number of hydrogen-bond donors (Lipinski definition) is 0. The lowest BCUT2D eigenvalue weighted by Gasteiger charge is -2.10. The summed E-state index contributed by atoms with van der Waals surface area (Å²) in [4.78, 5) is 3.74. The average Bonchev–Trinajstić information content (AvgIpc) is 2.70. The molecule has 0 fully saturated rings. The number of nitrogens with zero attached hydrogens (tertiary/aromatic N) is 3. The van der Waals surface area contributed by atoms with E-state index < -0.39 is 17.0 Å². The van der Waals surface area contributed by atoms with Crippen molar-refractivity contribution >= 4 is 11.6 Å². The molecule has 1 aromatic carbocycles. The predicted octanol–water partition coefficient (Wildman–Crippen LogP) is 2.54. The zero-order valence-electron chi connectivity index (χ0n) is 8.15. The first-order valence-corrected chi connectivity index (χ1v) is 5.02. The highest BCUT2D eigenvalue weighted by atomic mass is 35.5. The van der Waals surface area contributed by atoms with Crippen LogP contribution in [0.3, 0.4) is 0 Å². The summed E-state index contributed by atoms with van der Waals surface area (Å²) in [7, 11) is 0. The van der Waals surface area contributed by atoms with Crippen LogP contribution in [-0.2, 0) is 6.54 Å². The zero-order chi connectivity index (χ0) is 11.5. The quantitative estimate of drug-likeness (QED) is 0.776. The van der Waals surface area contributed by atoms with Crippen LogP contribution in [0.2, 0.25) is 0 Å². The fourth-order valence-electron chi connectivity index (χ4n) is 1.35. The highest BCUT2D eigenvalue weighted by Gasteiger charge is 2.14. The van der Waals surface area contributed by atoms with Gasteiger partial charge in [0.1, 0.15) is 24.3 Å². The molecule has 1 heterocycles. The van der Waals surface area contributed by atoms with Crippen molar-refractivity contribution in [1.29, 1.82) is 0 Å². The molecule has 2 aromatic rings. The third kappa shape index (κ3) is 2.36. The van der Waals surface area contributed by atoms with E-state index >= 15 is 0 Å². The Balaban J connectivity index is 2.17. The molecule has 0 aliphatic carbocycles. The maximum Gasteiger partial charge on any atom is 0.137 e. The van der Waals surface area contributed by atoms with Gasteiger partial charge in [0, 0.05) is 11.6 Å². The van der Waals surface area contributed by atoms with Gasteiger partial charge in [0.2, 0.25) is 0 Å². The van der Waals surface area contributed by atoms with Gasteiger partial charge in [-0.05, 0) is 6.07 Å². The highest BCUT2D eigenvalue weighted by molar-refractivity contribution is 6.20. The van der Waals surface area contributed by atoms with E-state index in [1.54, 1.807) is 0 Å². The van der Waals surface area contributed by atoms with Crippen molar-refractivity contribution in [3.8, 4) is 0 Å². The van der Waals surface area contributed by atoms with Crippen molar-refractivity contribution < 1.29 is 8.78 Å². The van der Waals surface area contributed by atoms with E-state index in [0.717, 1.165) is 6.07 Å². The van der Waals surface area contributed by atoms with Crippen molar-refractivity contribution in [2.24, 2.45) is 0 Å². The Morgan fingerprint density at radius 3 is 2.81 bits per heavy atom. The van der Waals surface area contributed by atoms with Crippen LogP contribution in [0, 0.1) is 11.6 Å². The van der Waals surface area contributed by atoms with Crippen LogP contribution < -0.4 is 0 Å². The van der Waals surface area contributed by atoms with Gasteiger partial charge in [-0.3, -0.25) is 4.68 Å². The van der Waals surface area contributed by atoms with E-state index in [4.69, 9.17) is 11.6 Å². The molecule has 0 spiro atoms.